The Morgan fingerprint density at radius 3 is 2.32 bits per heavy atom. The molecule has 0 bridgehead atoms. The van der Waals surface area contributed by atoms with Gasteiger partial charge in [0.25, 0.3) is 5.91 Å². The van der Waals surface area contributed by atoms with Crippen molar-refractivity contribution in [3.63, 3.8) is 0 Å². The third kappa shape index (κ3) is 7.22. The number of guanidine groups is 1. The fraction of sp³-hybridized carbons (Fsp3) is 0.579. The van der Waals surface area contributed by atoms with E-state index in [9.17, 15) is 4.79 Å². The molecule has 2 rings (SSSR count). The van der Waals surface area contributed by atoms with Crippen LogP contribution < -0.4 is 16.0 Å². The van der Waals surface area contributed by atoms with E-state index in [-0.39, 0.29) is 29.9 Å². The minimum absolute atomic E-state index is 0. The molecule has 0 heterocycles. The molecule has 0 atom stereocenters. The van der Waals surface area contributed by atoms with Gasteiger partial charge in [-0.1, -0.05) is 19.1 Å². The smallest absolute Gasteiger partial charge is 0.251 e. The van der Waals surface area contributed by atoms with Crippen LogP contribution in [0.15, 0.2) is 29.3 Å². The lowest BCUT2D eigenvalue weighted by Crippen LogP contribution is -2.44. The van der Waals surface area contributed by atoms with E-state index >= 15 is 0 Å². The van der Waals surface area contributed by atoms with Gasteiger partial charge in [-0.05, 0) is 56.2 Å². The summed E-state index contributed by atoms with van der Waals surface area (Å²) in [5.74, 6) is 1.67. The Bertz CT molecular complexity index is 551. The molecule has 5 nitrogen and oxygen atoms in total. The summed E-state index contributed by atoms with van der Waals surface area (Å²) in [4.78, 5) is 16.1. The molecular formula is C19H31IN4O. The number of aliphatic imine (C=N–C) groups is 1. The van der Waals surface area contributed by atoms with E-state index in [0.29, 0.717) is 24.7 Å². The zero-order valence-electron chi connectivity index (χ0n) is 15.5. The second kappa shape index (κ2) is 11.3. The topological polar surface area (TPSA) is 65.5 Å². The Balaban J connectivity index is 0.00000312. The van der Waals surface area contributed by atoms with E-state index in [1.165, 1.54) is 25.7 Å². The largest absolute Gasteiger partial charge is 0.354 e. The van der Waals surface area contributed by atoms with Crippen molar-refractivity contribution in [1.29, 1.82) is 0 Å². The Morgan fingerprint density at radius 2 is 1.76 bits per heavy atom. The van der Waals surface area contributed by atoms with Crippen LogP contribution in [0, 0.1) is 5.92 Å². The van der Waals surface area contributed by atoms with Crippen molar-refractivity contribution in [2.45, 2.75) is 52.1 Å². The molecule has 0 spiro atoms. The third-order valence-corrected chi connectivity index (χ3v) is 4.59. The summed E-state index contributed by atoms with van der Waals surface area (Å²) in [6.07, 6.45) is 5.00. The monoisotopic (exact) mass is 458 g/mol. The Morgan fingerprint density at radius 1 is 1.12 bits per heavy atom. The minimum atomic E-state index is -0.0268. The molecule has 1 aliphatic rings. The van der Waals surface area contributed by atoms with Crippen molar-refractivity contribution in [2.75, 3.05) is 13.6 Å². The maximum atomic E-state index is 11.8. The standard InChI is InChI=1S/C19H30N4O.HI/c1-4-21-18(24)16-9-7-15(8-10-16)13-22-19(20-3)23-17-11-5-14(2)6-12-17;/h7-10,14,17H,4-6,11-13H2,1-3H3,(H,21,24)(H2,20,22,23);1H. The zero-order chi connectivity index (χ0) is 17.4. The normalized spacial score (nSPS) is 20.4. The van der Waals surface area contributed by atoms with Crippen LogP contribution in [-0.2, 0) is 6.54 Å². The SMILES string of the molecule is CCNC(=O)c1ccc(CNC(=NC)NC2CCC(C)CC2)cc1.I. The maximum Gasteiger partial charge on any atom is 0.251 e. The lowest BCUT2D eigenvalue weighted by molar-refractivity contribution is 0.0956. The van der Waals surface area contributed by atoms with Crippen LogP contribution in [0.3, 0.4) is 0 Å². The molecule has 0 saturated heterocycles. The van der Waals surface area contributed by atoms with Crippen molar-refractivity contribution >= 4 is 35.8 Å². The molecule has 0 aromatic heterocycles. The third-order valence-electron chi connectivity index (χ3n) is 4.59. The Kier molecular flexibility index (Phi) is 9.85. The first kappa shape index (κ1) is 21.7. The van der Waals surface area contributed by atoms with Crippen molar-refractivity contribution in [3.05, 3.63) is 35.4 Å². The highest BCUT2D eigenvalue weighted by Gasteiger charge is 2.18. The molecule has 1 aliphatic carbocycles. The predicted molar refractivity (Wildman–Crippen MR) is 115 cm³/mol. The molecule has 1 saturated carbocycles. The molecule has 0 unspecified atom stereocenters. The maximum absolute atomic E-state index is 11.8. The number of rotatable bonds is 5. The first-order valence-corrected chi connectivity index (χ1v) is 8.96. The van der Waals surface area contributed by atoms with Crippen LogP contribution in [0.4, 0.5) is 0 Å². The fourth-order valence-corrected chi connectivity index (χ4v) is 3.01. The Labute approximate surface area is 168 Å². The summed E-state index contributed by atoms with van der Waals surface area (Å²) in [5, 5.41) is 9.68. The molecular weight excluding hydrogens is 427 g/mol. The van der Waals surface area contributed by atoms with Crippen LogP contribution in [0.25, 0.3) is 0 Å². The van der Waals surface area contributed by atoms with Crippen LogP contribution >= 0.6 is 24.0 Å². The highest BCUT2D eigenvalue weighted by Crippen LogP contribution is 2.23. The van der Waals surface area contributed by atoms with E-state index in [1.54, 1.807) is 7.05 Å². The fourth-order valence-electron chi connectivity index (χ4n) is 3.01. The van der Waals surface area contributed by atoms with Crippen molar-refractivity contribution in [2.24, 2.45) is 10.9 Å². The average Bonchev–Trinajstić information content (AvgIpc) is 2.61. The highest BCUT2D eigenvalue weighted by molar-refractivity contribution is 14.0. The number of nitrogens with zero attached hydrogens (tertiary/aromatic N) is 1. The summed E-state index contributed by atoms with van der Waals surface area (Å²) in [6, 6.07) is 8.20. The molecule has 0 aliphatic heterocycles. The van der Waals surface area contributed by atoms with Gasteiger partial charge in [-0.3, -0.25) is 9.79 Å². The molecule has 1 aromatic carbocycles. The number of halogens is 1. The quantitative estimate of drug-likeness (QED) is 0.361. The predicted octanol–water partition coefficient (Wildman–Crippen LogP) is 3.30. The molecule has 6 heteroatoms. The van der Waals surface area contributed by atoms with Gasteiger partial charge in [-0.25, -0.2) is 0 Å². The lowest BCUT2D eigenvalue weighted by Gasteiger charge is -2.28. The van der Waals surface area contributed by atoms with Gasteiger partial charge in [0.2, 0.25) is 0 Å². The zero-order valence-corrected chi connectivity index (χ0v) is 17.8. The van der Waals surface area contributed by atoms with Crippen molar-refractivity contribution < 1.29 is 4.79 Å². The second-order valence-corrected chi connectivity index (χ2v) is 6.58. The van der Waals surface area contributed by atoms with Gasteiger partial charge in [0.1, 0.15) is 0 Å². The van der Waals surface area contributed by atoms with E-state index < -0.39 is 0 Å². The summed E-state index contributed by atoms with van der Waals surface area (Å²) in [6.45, 7) is 5.58. The van der Waals surface area contributed by atoms with Gasteiger partial charge in [-0.15, -0.1) is 24.0 Å². The second-order valence-electron chi connectivity index (χ2n) is 6.58. The lowest BCUT2D eigenvalue weighted by atomic mass is 9.87. The number of hydrogen-bond donors (Lipinski definition) is 3. The van der Waals surface area contributed by atoms with Crippen LogP contribution in [0.1, 0.15) is 55.5 Å². The molecule has 1 fully saturated rings. The minimum Gasteiger partial charge on any atom is -0.354 e. The summed E-state index contributed by atoms with van der Waals surface area (Å²) in [5.41, 5.74) is 1.82. The van der Waals surface area contributed by atoms with Crippen LogP contribution in [-0.4, -0.2) is 31.5 Å². The van der Waals surface area contributed by atoms with Gasteiger partial charge in [0.15, 0.2) is 5.96 Å². The number of hydrogen-bond acceptors (Lipinski definition) is 2. The highest BCUT2D eigenvalue weighted by atomic mass is 127. The van der Waals surface area contributed by atoms with Crippen molar-refractivity contribution in [3.8, 4) is 0 Å². The summed E-state index contributed by atoms with van der Waals surface area (Å²) in [7, 11) is 1.80. The molecule has 0 radical (unpaired) electrons. The van der Waals surface area contributed by atoms with Gasteiger partial charge in [-0.2, -0.15) is 0 Å². The van der Waals surface area contributed by atoms with Gasteiger partial charge >= 0.3 is 0 Å². The number of carbonyl (C=O) groups is 1. The van der Waals surface area contributed by atoms with Crippen LogP contribution in [0.2, 0.25) is 0 Å². The molecule has 25 heavy (non-hydrogen) atoms. The van der Waals surface area contributed by atoms with E-state index in [1.807, 2.05) is 31.2 Å². The van der Waals surface area contributed by atoms with E-state index in [0.717, 1.165) is 17.4 Å². The number of benzene rings is 1. The first-order valence-electron chi connectivity index (χ1n) is 8.96. The first-order chi connectivity index (χ1) is 11.6. The van der Waals surface area contributed by atoms with Crippen molar-refractivity contribution in [1.82, 2.24) is 16.0 Å². The molecule has 1 amide bonds. The molecule has 3 N–H and O–H groups in total. The summed E-state index contributed by atoms with van der Waals surface area (Å²) >= 11 is 0. The summed E-state index contributed by atoms with van der Waals surface area (Å²) < 4.78 is 0. The number of amides is 1. The van der Waals surface area contributed by atoms with Gasteiger partial charge < -0.3 is 16.0 Å². The average molecular weight is 458 g/mol. The van der Waals surface area contributed by atoms with E-state index in [2.05, 4.69) is 27.9 Å². The van der Waals surface area contributed by atoms with Gasteiger partial charge in [0, 0.05) is 31.7 Å². The molecule has 140 valence electrons. The number of carbonyl (C=O) groups excluding carboxylic acids is 1. The Hall–Kier alpha value is -1.31. The molecule has 1 aromatic rings. The van der Waals surface area contributed by atoms with Gasteiger partial charge in [0.05, 0.1) is 0 Å². The van der Waals surface area contributed by atoms with Crippen LogP contribution in [0.5, 0.6) is 0 Å². The van der Waals surface area contributed by atoms with E-state index in [4.69, 9.17) is 0 Å². The number of nitrogens with one attached hydrogen (secondary N) is 3.